The van der Waals surface area contributed by atoms with Crippen molar-refractivity contribution in [1.82, 2.24) is 5.32 Å². The third-order valence-electron chi connectivity index (χ3n) is 3.47. The monoisotopic (exact) mass is 215 g/mol. The Labute approximate surface area is 93.2 Å². The van der Waals surface area contributed by atoms with Crippen molar-refractivity contribution in [2.75, 3.05) is 26.8 Å². The summed E-state index contributed by atoms with van der Waals surface area (Å²) in [6.07, 6.45) is 2.00. The van der Waals surface area contributed by atoms with E-state index in [1.807, 2.05) is 0 Å². The molecular formula is C12H25NO2. The average Bonchev–Trinajstić information content (AvgIpc) is 2.30. The second kappa shape index (κ2) is 4.81. The van der Waals surface area contributed by atoms with Crippen molar-refractivity contribution in [3.05, 3.63) is 0 Å². The summed E-state index contributed by atoms with van der Waals surface area (Å²) in [7, 11) is 1.69. The third-order valence-corrected chi connectivity index (χ3v) is 3.47. The van der Waals surface area contributed by atoms with Crippen LogP contribution in [0.5, 0.6) is 0 Å². The molecule has 3 heteroatoms. The first-order valence-electron chi connectivity index (χ1n) is 5.82. The van der Waals surface area contributed by atoms with Gasteiger partial charge in [0.1, 0.15) is 0 Å². The van der Waals surface area contributed by atoms with Gasteiger partial charge in [0.2, 0.25) is 0 Å². The van der Waals surface area contributed by atoms with Crippen LogP contribution in [0.1, 0.15) is 33.6 Å². The number of rotatable bonds is 5. The van der Waals surface area contributed by atoms with E-state index in [0.717, 1.165) is 19.4 Å². The lowest BCUT2D eigenvalue weighted by atomic mass is 9.89. The highest BCUT2D eigenvalue weighted by atomic mass is 16.5. The van der Waals surface area contributed by atoms with Gasteiger partial charge in [0, 0.05) is 20.2 Å². The van der Waals surface area contributed by atoms with Crippen molar-refractivity contribution in [2.45, 2.75) is 39.2 Å². The van der Waals surface area contributed by atoms with E-state index in [-0.39, 0.29) is 5.41 Å². The Hall–Kier alpha value is -0.120. The molecule has 0 aromatic heterocycles. The van der Waals surface area contributed by atoms with Gasteiger partial charge in [0.05, 0.1) is 12.2 Å². The Kier molecular flexibility index (Phi) is 4.15. The maximum Gasteiger partial charge on any atom is 0.0802 e. The normalized spacial score (nSPS) is 34.6. The summed E-state index contributed by atoms with van der Waals surface area (Å²) in [5.74, 6) is 0.377. The van der Waals surface area contributed by atoms with E-state index in [0.29, 0.717) is 19.1 Å². The van der Waals surface area contributed by atoms with Crippen LogP contribution in [0, 0.1) is 11.3 Å². The summed E-state index contributed by atoms with van der Waals surface area (Å²) in [5, 5.41) is 13.8. The predicted molar refractivity (Wildman–Crippen MR) is 61.9 cm³/mol. The van der Waals surface area contributed by atoms with Crippen LogP contribution >= 0.6 is 0 Å². The molecule has 0 aliphatic heterocycles. The minimum absolute atomic E-state index is 0.275. The highest BCUT2D eigenvalue weighted by Crippen LogP contribution is 2.46. The Balaban J connectivity index is 2.38. The second-order valence-corrected chi connectivity index (χ2v) is 5.72. The minimum atomic E-state index is -0.531. The Morgan fingerprint density at radius 2 is 2.13 bits per heavy atom. The minimum Gasteiger partial charge on any atom is -0.388 e. The number of hydrogen-bond donors (Lipinski definition) is 2. The summed E-state index contributed by atoms with van der Waals surface area (Å²) in [6, 6.07) is 0. The number of aliphatic hydroxyl groups is 1. The SMILES string of the molecule is COCCNCC1(O)CC(C)(C)CC1C. The van der Waals surface area contributed by atoms with Gasteiger partial charge in [-0.2, -0.15) is 0 Å². The molecule has 1 fully saturated rings. The van der Waals surface area contributed by atoms with Gasteiger partial charge in [-0.15, -0.1) is 0 Å². The molecule has 0 radical (unpaired) electrons. The Morgan fingerprint density at radius 1 is 1.47 bits per heavy atom. The van der Waals surface area contributed by atoms with Gasteiger partial charge in [-0.25, -0.2) is 0 Å². The second-order valence-electron chi connectivity index (χ2n) is 5.72. The summed E-state index contributed by atoms with van der Waals surface area (Å²) in [5.41, 5.74) is -0.256. The van der Waals surface area contributed by atoms with Gasteiger partial charge in [-0.3, -0.25) is 0 Å². The van der Waals surface area contributed by atoms with Gasteiger partial charge in [-0.1, -0.05) is 20.8 Å². The molecule has 0 heterocycles. The van der Waals surface area contributed by atoms with Crippen molar-refractivity contribution >= 4 is 0 Å². The lowest BCUT2D eigenvalue weighted by molar-refractivity contribution is 0.00393. The van der Waals surface area contributed by atoms with Gasteiger partial charge >= 0.3 is 0 Å². The lowest BCUT2D eigenvalue weighted by Crippen LogP contribution is -2.44. The largest absolute Gasteiger partial charge is 0.388 e. The van der Waals surface area contributed by atoms with E-state index in [9.17, 15) is 5.11 Å². The molecule has 0 amide bonds. The van der Waals surface area contributed by atoms with Gasteiger partial charge in [-0.05, 0) is 24.2 Å². The fourth-order valence-corrected chi connectivity index (χ4v) is 2.81. The maximum atomic E-state index is 10.5. The molecule has 90 valence electrons. The Bertz CT molecular complexity index is 206. The van der Waals surface area contributed by atoms with Crippen LogP contribution in [0.2, 0.25) is 0 Å². The third kappa shape index (κ3) is 3.44. The molecule has 15 heavy (non-hydrogen) atoms. The summed E-state index contributed by atoms with van der Waals surface area (Å²) in [4.78, 5) is 0. The zero-order valence-electron chi connectivity index (χ0n) is 10.5. The zero-order valence-corrected chi connectivity index (χ0v) is 10.5. The van der Waals surface area contributed by atoms with Crippen molar-refractivity contribution in [3.8, 4) is 0 Å². The molecule has 2 N–H and O–H groups in total. The lowest BCUT2D eigenvalue weighted by Gasteiger charge is -2.28. The highest BCUT2D eigenvalue weighted by Gasteiger charge is 2.46. The molecule has 1 aliphatic rings. The quantitative estimate of drug-likeness (QED) is 0.681. The predicted octanol–water partition coefficient (Wildman–Crippen LogP) is 1.41. The van der Waals surface area contributed by atoms with E-state index < -0.39 is 5.60 Å². The van der Waals surface area contributed by atoms with Crippen molar-refractivity contribution in [3.63, 3.8) is 0 Å². The average molecular weight is 215 g/mol. The van der Waals surface area contributed by atoms with Crippen LogP contribution in [0.4, 0.5) is 0 Å². The highest BCUT2D eigenvalue weighted by molar-refractivity contribution is 4.99. The number of nitrogens with one attached hydrogen (secondary N) is 1. The fourth-order valence-electron chi connectivity index (χ4n) is 2.81. The molecule has 2 atom stereocenters. The van der Waals surface area contributed by atoms with E-state index in [1.54, 1.807) is 7.11 Å². The summed E-state index contributed by atoms with van der Waals surface area (Å²) in [6.45, 7) is 8.81. The first-order valence-corrected chi connectivity index (χ1v) is 5.82. The van der Waals surface area contributed by atoms with Crippen LogP contribution < -0.4 is 5.32 Å². The van der Waals surface area contributed by atoms with E-state index in [1.165, 1.54) is 0 Å². The van der Waals surface area contributed by atoms with Crippen LogP contribution in [0.25, 0.3) is 0 Å². The topological polar surface area (TPSA) is 41.5 Å². The van der Waals surface area contributed by atoms with Gasteiger partial charge in [0.25, 0.3) is 0 Å². The molecule has 0 aromatic rings. The molecule has 1 rings (SSSR count). The van der Waals surface area contributed by atoms with Crippen molar-refractivity contribution in [2.24, 2.45) is 11.3 Å². The molecule has 0 saturated heterocycles. The first-order chi connectivity index (χ1) is 6.90. The molecule has 2 unspecified atom stereocenters. The van der Waals surface area contributed by atoms with E-state index >= 15 is 0 Å². The van der Waals surface area contributed by atoms with Crippen molar-refractivity contribution in [1.29, 1.82) is 0 Å². The number of hydrogen-bond acceptors (Lipinski definition) is 3. The van der Waals surface area contributed by atoms with Crippen LogP contribution in [-0.2, 0) is 4.74 Å². The smallest absolute Gasteiger partial charge is 0.0802 e. The summed E-state index contributed by atoms with van der Waals surface area (Å²) >= 11 is 0. The van der Waals surface area contributed by atoms with Gasteiger partial charge in [0.15, 0.2) is 0 Å². The van der Waals surface area contributed by atoms with Crippen LogP contribution in [-0.4, -0.2) is 37.5 Å². The van der Waals surface area contributed by atoms with E-state index in [2.05, 4.69) is 26.1 Å². The molecular weight excluding hydrogens is 190 g/mol. The summed E-state index contributed by atoms with van der Waals surface area (Å²) < 4.78 is 4.96. The molecule has 0 spiro atoms. The molecule has 0 aromatic carbocycles. The molecule has 0 bridgehead atoms. The standard InChI is InChI=1S/C12H25NO2/c1-10-7-11(2,3)8-12(10,14)9-13-5-6-15-4/h10,13-14H,5-9H2,1-4H3. The number of methoxy groups -OCH3 is 1. The van der Waals surface area contributed by atoms with Gasteiger partial charge < -0.3 is 15.2 Å². The molecule has 1 saturated carbocycles. The molecule has 3 nitrogen and oxygen atoms in total. The number of ether oxygens (including phenoxy) is 1. The van der Waals surface area contributed by atoms with E-state index in [4.69, 9.17) is 4.74 Å². The zero-order chi connectivity index (χ0) is 11.5. The first kappa shape index (κ1) is 12.9. The molecule has 1 aliphatic carbocycles. The maximum absolute atomic E-state index is 10.5. The van der Waals surface area contributed by atoms with Crippen LogP contribution in [0.3, 0.4) is 0 Å². The van der Waals surface area contributed by atoms with Crippen molar-refractivity contribution < 1.29 is 9.84 Å². The fraction of sp³-hybridized carbons (Fsp3) is 1.00. The Morgan fingerprint density at radius 3 is 2.60 bits per heavy atom. The van der Waals surface area contributed by atoms with Crippen LogP contribution in [0.15, 0.2) is 0 Å².